The van der Waals surface area contributed by atoms with Crippen LogP contribution in [0.5, 0.6) is 0 Å². The summed E-state index contributed by atoms with van der Waals surface area (Å²) in [5.74, 6) is -0.0940. The zero-order valence-electron chi connectivity index (χ0n) is 16.5. The Morgan fingerprint density at radius 1 is 1.10 bits per heavy atom. The number of aromatic nitrogens is 5. The standard InChI is InChI=1S/C22H20N6O2/c1-15-3-2-4-18(24-15)22(29)27-11-12-30-20(14-27)21-19-6-5-17(13-28(19)26-25-21)16-7-9-23-10-8-16/h2-10,13,20H,11-12,14H2,1H3/t20-/m0/s1. The summed E-state index contributed by atoms with van der Waals surface area (Å²) in [5, 5.41) is 8.63. The Kier molecular flexibility index (Phi) is 4.68. The van der Waals surface area contributed by atoms with E-state index in [0.29, 0.717) is 25.4 Å². The molecule has 1 aliphatic rings. The fourth-order valence-electron chi connectivity index (χ4n) is 3.68. The van der Waals surface area contributed by atoms with Gasteiger partial charge in [0.25, 0.3) is 5.91 Å². The molecule has 150 valence electrons. The summed E-state index contributed by atoms with van der Waals surface area (Å²) >= 11 is 0. The summed E-state index contributed by atoms with van der Waals surface area (Å²) in [7, 11) is 0. The minimum absolute atomic E-state index is 0.0940. The highest BCUT2D eigenvalue weighted by molar-refractivity contribution is 5.92. The van der Waals surface area contributed by atoms with E-state index in [1.165, 1.54) is 0 Å². The molecule has 1 atom stereocenters. The Labute approximate surface area is 173 Å². The van der Waals surface area contributed by atoms with E-state index in [-0.39, 0.29) is 12.0 Å². The molecule has 0 spiro atoms. The van der Waals surface area contributed by atoms with Gasteiger partial charge in [-0.15, -0.1) is 5.10 Å². The van der Waals surface area contributed by atoms with Crippen molar-refractivity contribution in [3.8, 4) is 11.1 Å². The van der Waals surface area contributed by atoms with Gasteiger partial charge < -0.3 is 9.64 Å². The first-order valence-corrected chi connectivity index (χ1v) is 9.79. The highest BCUT2D eigenvalue weighted by Crippen LogP contribution is 2.27. The summed E-state index contributed by atoms with van der Waals surface area (Å²) in [4.78, 5) is 23.1. The van der Waals surface area contributed by atoms with E-state index in [1.807, 2.05) is 49.5 Å². The number of nitrogens with zero attached hydrogens (tertiary/aromatic N) is 6. The third-order valence-corrected chi connectivity index (χ3v) is 5.22. The number of hydrogen-bond acceptors (Lipinski definition) is 6. The average molecular weight is 400 g/mol. The van der Waals surface area contributed by atoms with Crippen molar-refractivity contribution in [3.63, 3.8) is 0 Å². The van der Waals surface area contributed by atoms with Crippen LogP contribution in [0.1, 0.15) is 28.0 Å². The number of fused-ring (bicyclic) bond motifs is 1. The van der Waals surface area contributed by atoms with Gasteiger partial charge in [-0.1, -0.05) is 17.3 Å². The van der Waals surface area contributed by atoms with Gasteiger partial charge in [0.05, 0.1) is 18.7 Å². The van der Waals surface area contributed by atoms with Crippen LogP contribution in [-0.4, -0.2) is 55.3 Å². The molecule has 8 heteroatoms. The second kappa shape index (κ2) is 7.64. The maximum atomic E-state index is 12.9. The molecule has 1 amide bonds. The van der Waals surface area contributed by atoms with Crippen molar-refractivity contribution in [3.05, 3.63) is 78.1 Å². The SMILES string of the molecule is Cc1cccc(C(=O)N2CCO[C@H](c3nnn4cc(-c5ccncc5)ccc34)C2)n1. The highest BCUT2D eigenvalue weighted by Gasteiger charge is 2.29. The predicted molar refractivity (Wildman–Crippen MR) is 110 cm³/mol. The highest BCUT2D eigenvalue weighted by atomic mass is 16.5. The van der Waals surface area contributed by atoms with E-state index >= 15 is 0 Å². The molecule has 0 bridgehead atoms. The van der Waals surface area contributed by atoms with Gasteiger partial charge in [-0.05, 0) is 42.8 Å². The molecule has 30 heavy (non-hydrogen) atoms. The Balaban J connectivity index is 1.40. The first kappa shape index (κ1) is 18.4. The first-order chi connectivity index (χ1) is 14.7. The van der Waals surface area contributed by atoms with Crippen molar-refractivity contribution in [2.24, 2.45) is 0 Å². The first-order valence-electron chi connectivity index (χ1n) is 9.79. The van der Waals surface area contributed by atoms with Crippen molar-refractivity contribution < 1.29 is 9.53 Å². The van der Waals surface area contributed by atoms with Crippen LogP contribution in [0.15, 0.2) is 61.1 Å². The fraction of sp³-hybridized carbons (Fsp3) is 0.227. The summed E-state index contributed by atoms with van der Waals surface area (Å²) in [5.41, 5.74) is 4.94. The molecule has 0 saturated carbocycles. The molecule has 5 heterocycles. The van der Waals surface area contributed by atoms with Gasteiger partial charge in [-0.25, -0.2) is 9.50 Å². The minimum Gasteiger partial charge on any atom is -0.368 e. The molecule has 8 nitrogen and oxygen atoms in total. The van der Waals surface area contributed by atoms with E-state index in [4.69, 9.17) is 4.74 Å². The van der Waals surface area contributed by atoms with Gasteiger partial charge in [0, 0.05) is 36.4 Å². The number of hydrogen-bond donors (Lipinski definition) is 0. The summed E-state index contributed by atoms with van der Waals surface area (Å²) in [6.07, 6.45) is 5.12. The zero-order valence-corrected chi connectivity index (χ0v) is 16.5. The summed E-state index contributed by atoms with van der Waals surface area (Å²) in [6, 6.07) is 13.4. The number of amides is 1. The van der Waals surface area contributed by atoms with E-state index < -0.39 is 0 Å². The molecule has 5 rings (SSSR count). The molecular formula is C22H20N6O2. The van der Waals surface area contributed by atoms with Gasteiger partial charge in [0.1, 0.15) is 17.5 Å². The maximum Gasteiger partial charge on any atom is 0.272 e. The van der Waals surface area contributed by atoms with Crippen LogP contribution in [0.3, 0.4) is 0 Å². The van der Waals surface area contributed by atoms with Crippen LogP contribution in [0, 0.1) is 6.92 Å². The molecule has 1 aliphatic heterocycles. The van der Waals surface area contributed by atoms with E-state index in [0.717, 1.165) is 28.0 Å². The number of rotatable bonds is 3. The second-order valence-corrected chi connectivity index (χ2v) is 7.23. The Morgan fingerprint density at radius 3 is 2.80 bits per heavy atom. The summed E-state index contributed by atoms with van der Waals surface area (Å²) < 4.78 is 7.69. The molecule has 0 unspecified atom stereocenters. The molecule has 1 saturated heterocycles. The Hall–Kier alpha value is -3.65. The van der Waals surface area contributed by atoms with Crippen LogP contribution in [0.2, 0.25) is 0 Å². The van der Waals surface area contributed by atoms with Crippen molar-refractivity contribution in [1.82, 2.24) is 29.7 Å². The number of carbonyl (C=O) groups excluding carboxylic acids is 1. The fourth-order valence-corrected chi connectivity index (χ4v) is 3.68. The van der Waals surface area contributed by atoms with E-state index in [2.05, 4.69) is 20.3 Å². The topological polar surface area (TPSA) is 85.5 Å². The lowest BCUT2D eigenvalue weighted by Crippen LogP contribution is -2.42. The summed E-state index contributed by atoms with van der Waals surface area (Å²) in [6.45, 7) is 3.25. The van der Waals surface area contributed by atoms with Crippen LogP contribution >= 0.6 is 0 Å². The largest absolute Gasteiger partial charge is 0.368 e. The van der Waals surface area contributed by atoms with Crippen molar-refractivity contribution >= 4 is 11.4 Å². The van der Waals surface area contributed by atoms with Crippen LogP contribution in [0.4, 0.5) is 0 Å². The number of morpholine rings is 1. The average Bonchev–Trinajstić information content (AvgIpc) is 3.22. The molecule has 4 aromatic rings. The quantitative estimate of drug-likeness (QED) is 0.526. The smallest absolute Gasteiger partial charge is 0.272 e. The maximum absolute atomic E-state index is 12.9. The third-order valence-electron chi connectivity index (χ3n) is 5.22. The number of ether oxygens (including phenoxy) is 1. The van der Waals surface area contributed by atoms with Crippen molar-refractivity contribution in [2.45, 2.75) is 13.0 Å². The van der Waals surface area contributed by atoms with Crippen LogP contribution in [-0.2, 0) is 4.74 Å². The van der Waals surface area contributed by atoms with Crippen LogP contribution < -0.4 is 0 Å². The van der Waals surface area contributed by atoms with Gasteiger partial charge in [-0.3, -0.25) is 9.78 Å². The molecule has 0 radical (unpaired) electrons. The van der Waals surface area contributed by atoms with E-state index in [9.17, 15) is 4.79 Å². The molecule has 0 aromatic carbocycles. The normalized spacial score (nSPS) is 16.7. The monoisotopic (exact) mass is 400 g/mol. The lowest BCUT2D eigenvalue weighted by Gasteiger charge is -2.32. The number of pyridine rings is 3. The lowest BCUT2D eigenvalue weighted by atomic mass is 10.1. The third kappa shape index (κ3) is 3.42. The van der Waals surface area contributed by atoms with Crippen molar-refractivity contribution in [2.75, 3.05) is 19.7 Å². The Morgan fingerprint density at radius 2 is 1.97 bits per heavy atom. The second-order valence-electron chi connectivity index (χ2n) is 7.23. The molecular weight excluding hydrogens is 380 g/mol. The van der Waals surface area contributed by atoms with Gasteiger partial charge in [-0.2, -0.15) is 0 Å². The zero-order chi connectivity index (χ0) is 20.5. The molecule has 0 N–H and O–H groups in total. The van der Waals surface area contributed by atoms with Gasteiger partial charge in [0.15, 0.2) is 0 Å². The molecule has 4 aromatic heterocycles. The molecule has 1 fully saturated rings. The van der Waals surface area contributed by atoms with Gasteiger partial charge in [0.2, 0.25) is 0 Å². The van der Waals surface area contributed by atoms with E-state index in [1.54, 1.807) is 27.9 Å². The Bertz CT molecular complexity index is 1210. The number of aryl methyl sites for hydroxylation is 1. The van der Waals surface area contributed by atoms with Crippen molar-refractivity contribution in [1.29, 1.82) is 0 Å². The van der Waals surface area contributed by atoms with Crippen LogP contribution in [0.25, 0.3) is 16.6 Å². The molecule has 0 aliphatic carbocycles. The number of carbonyl (C=O) groups is 1. The minimum atomic E-state index is -0.336. The lowest BCUT2D eigenvalue weighted by molar-refractivity contribution is -0.0243. The predicted octanol–water partition coefficient (Wildman–Crippen LogP) is 2.71. The van der Waals surface area contributed by atoms with Gasteiger partial charge >= 0.3 is 0 Å².